The molecule has 1 amide bonds. The molecule has 9 heteroatoms. The maximum Gasteiger partial charge on any atom is 0.255 e. The first-order valence-corrected chi connectivity index (χ1v) is 11.3. The Kier molecular flexibility index (Phi) is 6.15. The van der Waals surface area contributed by atoms with Crippen molar-refractivity contribution in [1.29, 1.82) is 0 Å². The van der Waals surface area contributed by atoms with E-state index in [0.717, 1.165) is 11.2 Å². The molecule has 1 fully saturated rings. The highest BCUT2D eigenvalue weighted by Crippen LogP contribution is 2.24. The van der Waals surface area contributed by atoms with E-state index in [2.05, 4.69) is 38.9 Å². The van der Waals surface area contributed by atoms with Crippen LogP contribution in [0.1, 0.15) is 15.9 Å². The van der Waals surface area contributed by atoms with Gasteiger partial charge < -0.3 is 19.7 Å². The third-order valence-electron chi connectivity index (χ3n) is 5.82. The largest absolute Gasteiger partial charge is 0.365 e. The van der Waals surface area contributed by atoms with Crippen molar-refractivity contribution in [2.24, 2.45) is 0 Å². The number of rotatable bonds is 7. The third-order valence-corrected chi connectivity index (χ3v) is 5.82. The van der Waals surface area contributed by atoms with Gasteiger partial charge in [0, 0.05) is 45.1 Å². The fourth-order valence-corrected chi connectivity index (χ4v) is 4.04. The molecule has 3 aromatic heterocycles. The van der Waals surface area contributed by atoms with Gasteiger partial charge in [0.1, 0.15) is 0 Å². The lowest BCUT2D eigenvalue weighted by Gasteiger charge is -2.34. The highest BCUT2D eigenvalue weighted by molar-refractivity contribution is 5.94. The van der Waals surface area contributed by atoms with E-state index in [4.69, 9.17) is 9.97 Å². The van der Waals surface area contributed by atoms with Crippen molar-refractivity contribution in [3.05, 3.63) is 85.0 Å². The van der Waals surface area contributed by atoms with Crippen LogP contribution in [0.15, 0.2) is 73.8 Å². The molecule has 0 radical (unpaired) electrons. The SMILES string of the molecule is C=CCNc1nc(N2CCN(C(=O)c3cccnc3)CC2)nc2c1ncn2Cc1ccccc1. The van der Waals surface area contributed by atoms with Gasteiger partial charge in [0.25, 0.3) is 5.91 Å². The van der Waals surface area contributed by atoms with Crippen LogP contribution in [0, 0.1) is 0 Å². The number of hydrogen-bond acceptors (Lipinski definition) is 7. The first-order chi connectivity index (χ1) is 16.7. The van der Waals surface area contributed by atoms with Crippen LogP contribution in [0.25, 0.3) is 11.2 Å². The van der Waals surface area contributed by atoms with Crippen LogP contribution in [0.3, 0.4) is 0 Å². The van der Waals surface area contributed by atoms with Gasteiger partial charge in [-0.05, 0) is 17.7 Å². The molecule has 1 saturated heterocycles. The summed E-state index contributed by atoms with van der Waals surface area (Å²) in [5.41, 5.74) is 3.28. The molecule has 0 unspecified atom stereocenters. The average Bonchev–Trinajstić information content (AvgIpc) is 3.30. The van der Waals surface area contributed by atoms with Crippen LogP contribution >= 0.6 is 0 Å². The van der Waals surface area contributed by atoms with Gasteiger partial charge in [0.05, 0.1) is 18.4 Å². The lowest BCUT2D eigenvalue weighted by atomic mass is 10.2. The first-order valence-electron chi connectivity index (χ1n) is 11.3. The highest BCUT2D eigenvalue weighted by atomic mass is 16.2. The fraction of sp³-hybridized carbons (Fsp3) is 0.240. The molecule has 0 aliphatic carbocycles. The number of nitrogens with zero attached hydrogens (tertiary/aromatic N) is 7. The molecular weight excluding hydrogens is 428 g/mol. The Morgan fingerprint density at radius 2 is 1.88 bits per heavy atom. The van der Waals surface area contributed by atoms with E-state index in [1.165, 1.54) is 5.56 Å². The number of hydrogen-bond donors (Lipinski definition) is 1. The predicted octanol–water partition coefficient (Wildman–Crippen LogP) is 2.83. The third kappa shape index (κ3) is 4.45. The second kappa shape index (κ2) is 9.70. The molecule has 1 aromatic carbocycles. The number of amides is 1. The van der Waals surface area contributed by atoms with Crippen molar-refractivity contribution in [1.82, 2.24) is 29.4 Å². The van der Waals surface area contributed by atoms with Gasteiger partial charge in [-0.1, -0.05) is 36.4 Å². The fourth-order valence-electron chi connectivity index (χ4n) is 4.04. The van der Waals surface area contributed by atoms with E-state index in [0.29, 0.717) is 56.6 Å². The maximum atomic E-state index is 12.8. The van der Waals surface area contributed by atoms with Gasteiger partial charge in [0.15, 0.2) is 17.0 Å². The Bertz CT molecular complexity index is 1280. The Hall–Kier alpha value is -4.27. The molecule has 4 aromatic rings. The molecule has 9 nitrogen and oxygen atoms in total. The molecule has 0 saturated carbocycles. The number of fused-ring (bicyclic) bond motifs is 1. The maximum absolute atomic E-state index is 12.8. The van der Waals surface area contributed by atoms with E-state index in [9.17, 15) is 4.79 Å². The Labute approximate surface area is 197 Å². The van der Waals surface area contributed by atoms with Crippen molar-refractivity contribution in [2.45, 2.75) is 6.54 Å². The Morgan fingerprint density at radius 3 is 2.62 bits per heavy atom. The summed E-state index contributed by atoms with van der Waals surface area (Å²) >= 11 is 0. The highest BCUT2D eigenvalue weighted by Gasteiger charge is 2.25. The van der Waals surface area contributed by atoms with Crippen LogP contribution < -0.4 is 10.2 Å². The van der Waals surface area contributed by atoms with Crippen molar-refractivity contribution < 1.29 is 4.79 Å². The molecule has 4 heterocycles. The lowest BCUT2D eigenvalue weighted by Crippen LogP contribution is -2.49. The summed E-state index contributed by atoms with van der Waals surface area (Å²) < 4.78 is 2.04. The zero-order chi connectivity index (χ0) is 23.3. The van der Waals surface area contributed by atoms with E-state index >= 15 is 0 Å². The smallest absolute Gasteiger partial charge is 0.255 e. The van der Waals surface area contributed by atoms with E-state index in [1.807, 2.05) is 27.7 Å². The first kappa shape index (κ1) is 21.6. The molecule has 5 rings (SSSR count). The molecule has 1 aliphatic rings. The zero-order valence-corrected chi connectivity index (χ0v) is 18.8. The van der Waals surface area contributed by atoms with Gasteiger partial charge >= 0.3 is 0 Å². The number of imidazole rings is 1. The summed E-state index contributed by atoms with van der Waals surface area (Å²) in [7, 11) is 0. The number of nitrogens with one attached hydrogen (secondary N) is 1. The molecule has 0 bridgehead atoms. The number of pyridine rings is 1. The Morgan fingerprint density at radius 1 is 1.06 bits per heavy atom. The van der Waals surface area contributed by atoms with Gasteiger partial charge in [0.2, 0.25) is 5.95 Å². The number of benzene rings is 1. The summed E-state index contributed by atoms with van der Waals surface area (Å²) in [5, 5.41) is 3.30. The van der Waals surface area contributed by atoms with Crippen LogP contribution in [0.5, 0.6) is 0 Å². The summed E-state index contributed by atoms with van der Waals surface area (Å²) in [6.07, 6.45) is 6.87. The second-order valence-corrected chi connectivity index (χ2v) is 8.09. The van der Waals surface area contributed by atoms with Crippen LogP contribution in [0.2, 0.25) is 0 Å². The minimum Gasteiger partial charge on any atom is -0.365 e. The Balaban J connectivity index is 1.39. The van der Waals surface area contributed by atoms with Crippen molar-refractivity contribution in [3.8, 4) is 0 Å². The molecule has 1 N–H and O–H groups in total. The van der Waals surface area contributed by atoms with Gasteiger partial charge in [-0.3, -0.25) is 9.78 Å². The number of carbonyl (C=O) groups is 1. The molecule has 0 spiro atoms. The van der Waals surface area contributed by atoms with Gasteiger partial charge in [-0.25, -0.2) is 4.98 Å². The summed E-state index contributed by atoms with van der Waals surface area (Å²) in [6, 6.07) is 13.8. The van der Waals surface area contributed by atoms with Gasteiger partial charge in [-0.2, -0.15) is 9.97 Å². The molecule has 0 atom stereocenters. The van der Waals surface area contributed by atoms with Crippen molar-refractivity contribution in [3.63, 3.8) is 0 Å². The topological polar surface area (TPSA) is 92.1 Å². The van der Waals surface area contributed by atoms with E-state index < -0.39 is 0 Å². The van der Waals surface area contributed by atoms with Gasteiger partial charge in [-0.15, -0.1) is 6.58 Å². The number of anilines is 2. The summed E-state index contributed by atoms with van der Waals surface area (Å²) in [6.45, 7) is 7.51. The van der Waals surface area contributed by atoms with Crippen LogP contribution in [-0.2, 0) is 6.54 Å². The number of aromatic nitrogens is 5. The normalized spacial score (nSPS) is 13.8. The average molecular weight is 455 g/mol. The zero-order valence-electron chi connectivity index (χ0n) is 18.8. The molecular formula is C25H26N8O. The quantitative estimate of drug-likeness (QED) is 0.429. The number of carbonyl (C=O) groups excluding carboxylic acids is 1. The summed E-state index contributed by atoms with van der Waals surface area (Å²) in [4.78, 5) is 35.1. The second-order valence-electron chi connectivity index (χ2n) is 8.09. The predicted molar refractivity (Wildman–Crippen MR) is 132 cm³/mol. The minimum atomic E-state index is -0.00148. The lowest BCUT2D eigenvalue weighted by molar-refractivity contribution is 0.0746. The minimum absolute atomic E-state index is 0.00148. The van der Waals surface area contributed by atoms with Crippen LogP contribution in [-0.4, -0.2) is 68.0 Å². The van der Waals surface area contributed by atoms with Crippen molar-refractivity contribution in [2.75, 3.05) is 42.9 Å². The van der Waals surface area contributed by atoms with E-state index in [-0.39, 0.29) is 5.91 Å². The molecule has 172 valence electrons. The van der Waals surface area contributed by atoms with E-state index in [1.54, 1.807) is 36.9 Å². The number of piperazine rings is 1. The molecule has 1 aliphatic heterocycles. The van der Waals surface area contributed by atoms with Crippen LogP contribution in [0.4, 0.5) is 11.8 Å². The van der Waals surface area contributed by atoms with Crippen molar-refractivity contribution >= 4 is 28.8 Å². The summed E-state index contributed by atoms with van der Waals surface area (Å²) in [5.74, 6) is 1.31. The monoisotopic (exact) mass is 454 g/mol. The standard InChI is InChI=1S/C25H26N8O/c1-2-10-27-22-21-23(33(18-28-21)17-19-7-4-3-5-8-19)30-25(29-22)32-14-12-31(13-15-32)24(34)20-9-6-11-26-16-20/h2-9,11,16,18H,1,10,12-15,17H2,(H,27,29,30). The molecule has 34 heavy (non-hydrogen) atoms.